The van der Waals surface area contributed by atoms with E-state index in [1.165, 1.54) is 0 Å². The van der Waals surface area contributed by atoms with Gasteiger partial charge in [0, 0.05) is 18.0 Å². The number of carbonyl (C=O) groups is 1. The van der Waals surface area contributed by atoms with E-state index in [0.717, 1.165) is 24.0 Å². The molecule has 0 aliphatic carbocycles. The minimum Gasteiger partial charge on any atom is -0.352 e. The standard InChI is InChI=1S/C14H20ClNO/c1-11-5-7-13(8-6-11)14(17)16-9-3-4-12(2)10-15/h5-8,12H,3-4,9-10H2,1-2H3,(H,16,17). The molecule has 0 saturated carbocycles. The zero-order valence-electron chi connectivity index (χ0n) is 10.5. The van der Waals surface area contributed by atoms with E-state index >= 15 is 0 Å². The van der Waals surface area contributed by atoms with Gasteiger partial charge in [0.2, 0.25) is 0 Å². The topological polar surface area (TPSA) is 29.1 Å². The lowest BCUT2D eigenvalue weighted by Crippen LogP contribution is -2.24. The van der Waals surface area contributed by atoms with Crippen LogP contribution in [0.2, 0.25) is 0 Å². The lowest BCUT2D eigenvalue weighted by molar-refractivity contribution is 0.0952. The summed E-state index contributed by atoms with van der Waals surface area (Å²) in [5.41, 5.74) is 1.89. The normalized spacial score (nSPS) is 12.2. The molecule has 17 heavy (non-hydrogen) atoms. The molecule has 0 aliphatic heterocycles. The summed E-state index contributed by atoms with van der Waals surface area (Å²) in [6.45, 7) is 4.85. The maximum Gasteiger partial charge on any atom is 0.251 e. The molecule has 0 heterocycles. The fourth-order valence-corrected chi connectivity index (χ4v) is 1.69. The largest absolute Gasteiger partial charge is 0.352 e. The molecule has 0 spiro atoms. The summed E-state index contributed by atoms with van der Waals surface area (Å²) in [4.78, 5) is 11.7. The number of amides is 1. The Kier molecular flexibility index (Phi) is 6.06. The van der Waals surface area contributed by atoms with Gasteiger partial charge in [-0.15, -0.1) is 11.6 Å². The van der Waals surface area contributed by atoms with Gasteiger partial charge >= 0.3 is 0 Å². The number of nitrogens with one attached hydrogen (secondary N) is 1. The molecule has 1 amide bonds. The average molecular weight is 254 g/mol. The van der Waals surface area contributed by atoms with E-state index in [9.17, 15) is 4.79 Å². The zero-order valence-corrected chi connectivity index (χ0v) is 11.3. The molecule has 1 rings (SSSR count). The summed E-state index contributed by atoms with van der Waals surface area (Å²) < 4.78 is 0. The Morgan fingerprint density at radius 3 is 2.59 bits per heavy atom. The maximum atomic E-state index is 11.7. The van der Waals surface area contributed by atoms with Crippen LogP contribution in [0.1, 0.15) is 35.7 Å². The number of rotatable bonds is 6. The predicted octanol–water partition coefficient (Wildman–Crippen LogP) is 3.38. The van der Waals surface area contributed by atoms with Crippen LogP contribution in [-0.2, 0) is 0 Å². The second-order valence-corrected chi connectivity index (χ2v) is 4.83. The van der Waals surface area contributed by atoms with Crippen LogP contribution in [0.15, 0.2) is 24.3 Å². The van der Waals surface area contributed by atoms with Crippen LogP contribution in [-0.4, -0.2) is 18.3 Å². The highest BCUT2D eigenvalue weighted by Crippen LogP contribution is 2.07. The van der Waals surface area contributed by atoms with Crippen molar-refractivity contribution in [2.24, 2.45) is 5.92 Å². The van der Waals surface area contributed by atoms with Gasteiger partial charge in [0.15, 0.2) is 0 Å². The Morgan fingerprint density at radius 1 is 1.35 bits per heavy atom. The minimum absolute atomic E-state index is 0.00327. The fourth-order valence-electron chi connectivity index (χ4n) is 1.54. The monoisotopic (exact) mass is 253 g/mol. The van der Waals surface area contributed by atoms with Gasteiger partial charge in [-0.2, -0.15) is 0 Å². The van der Waals surface area contributed by atoms with Crippen molar-refractivity contribution in [1.82, 2.24) is 5.32 Å². The molecule has 0 aromatic heterocycles. The van der Waals surface area contributed by atoms with Gasteiger partial charge in [0.05, 0.1) is 0 Å². The van der Waals surface area contributed by atoms with E-state index in [1.54, 1.807) is 0 Å². The van der Waals surface area contributed by atoms with E-state index in [0.29, 0.717) is 18.3 Å². The van der Waals surface area contributed by atoms with E-state index in [1.807, 2.05) is 31.2 Å². The molecule has 0 aliphatic rings. The van der Waals surface area contributed by atoms with Gasteiger partial charge in [-0.3, -0.25) is 4.79 Å². The lowest BCUT2D eigenvalue weighted by atomic mass is 10.1. The van der Waals surface area contributed by atoms with Crippen molar-refractivity contribution in [1.29, 1.82) is 0 Å². The second-order valence-electron chi connectivity index (χ2n) is 4.52. The summed E-state index contributed by atoms with van der Waals surface area (Å²) >= 11 is 5.72. The number of halogens is 1. The summed E-state index contributed by atoms with van der Waals surface area (Å²) in [6.07, 6.45) is 2.03. The summed E-state index contributed by atoms with van der Waals surface area (Å²) in [5, 5.41) is 2.92. The number of carbonyl (C=O) groups excluding carboxylic acids is 1. The third kappa shape index (κ3) is 5.22. The zero-order chi connectivity index (χ0) is 12.7. The van der Waals surface area contributed by atoms with E-state index in [2.05, 4.69) is 12.2 Å². The first-order chi connectivity index (χ1) is 8.13. The molecule has 1 aromatic rings. The third-order valence-corrected chi connectivity index (χ3v) is 3.26. The van der Waals surface area contributed by atoms with Gasteiger partial charge in [0.1, 0.15) is 0 Å². The van der Waals surface area contributed by atoms with Crippen LogP contribution < -0.4 is 5.32 Å². The third-order valence-electron chi connectivity index (χ3n) is 2.74. The molecular weight excluding hydrogens is 234 g/mol. The number of hydrogen-bond acceptors (Lipinski definition) is 1. The van der Waals surface area contributed by atoms with E-state index < -0.39 is 0 Å². The lowest BCUT2D eigenvalue weighted by Gasteiger charge is -2.08. The average Bonchev–Trinajstić information content (AvgIpc) is 2.34. The van der Waals surface area contributed by atoms with Gasteiger partial charge in [-0.1, -0.05) is 24.6 Å². The van der Waals surface area contributed by atoms with Crippen molar-refractivity contribution in [3.05, 3.63) is 35.4 Å². The molecule has 1 unspecified atom stereocenters. The van der Waals surface area contributed by atoms with Gasteiger partial charge in [0.25, 0.3) is 5.91 Å². The van der Waals surface area contributed by atoms with Crippen molar-refractivity contribution in [2.75, 3.05) is 12.4 Å². The molecule has 0 bridgehead atoms. The summed E-state index contributed by atoms with van der Waals surface area (Å²) in [5.74, 6) is 1.21. The Morgan fingerprint density at radius 2 is 2.00 bits per heavy atom. The number of aryl methyl sites for hydroxylation is 1. The molecule has 94 valence electrons. The maximum absolute atomic E-state index is 11.7. The first kappa shape index (κ1) is 14.0. The molecule has 3 heteroatoms. The molecular formula is C14H20ClNO. The summed E-state index contributed by atoms with van der Waals surface area (Å²) in [6, 6.07) is 7.60. The first-order valence-corrected chi connectivity index (χ1v) is 6.57. The van der Waals surface area contributed by atoms with Crippen LogP contribution in [0.25, 0.3) is 0 Å². The predicted molar refractivity (Wildman–Crippen MR) is 72.6 cm³/mol. The molecule has 1 N–H and O–H groups in total. The van der Waals surface area contributed by atoms with Crippen molar-refractivity contribution in [2.45, 2.75) is 26.7 Å². The quantitative estimate of drug-likeness (QED) is 0.611. The van der Waals surface area contributed by atoms with Crippen LogP contribution in [0, 0.1) is 12.8 Å². The van der Waals surface area contributed by atoms with Crippen LogP contribution in [0.4, 0.5) is 0 Å². The van der Waals surface area contributed by atoms with Crippen molar-refractivity contribution in [3.8, 4) is 0 Å². The highest BCUT2D eigenvalue weighted by Gasteiger charge is 2.04. The van der Waals surface area contributed by atoms with Crippen molar-refractivity contribution in [3.63, 3.8) is 0 Å². The Labute approximate surface area is 108 Å². The van der Waals surface area contributed by atoms with Crippen LogP contribution in [0.5, 0.6) is 0 Å². The van der Waals surface area contributed by atoms with E-state index in [4.69, 9.17) is 11.6 Å². The first-order valence-electron chi connectivity index (χ1n) is 6.04. The molecule has 0 radical (unpaired) electrons. The van der Waals surface area contributed by atoms with Crippen molar-refractivity contribution < 1.29 is 4.79 Å². The van der Waals surface area contributed by atoms with Crippen molar-refractivity contribution >= 4 is 17.5 Å². The van der Waals surface area contributed by atoms with Gasteiger partial charge in [-0.25, -0.2) is 0 Å². The number of hydrogen-bond donors (Lipinski definition) is 1. The van der Waals surface area contributed by atoms with Crippen LogP contribution in [0.3, 0.4) is 0 Å². The molecule has 1 atom stereocenters. The van der Waals surface area contributed by atoms with Gasteiger partial charge < -0.3 is 5.32 Å². The Bertz CT molecular complexity index is 348. The fraction of sp³-hybridized carbons (Fsp3) is 0.500. The van der Waals surface area contributed by atoms with Gasteiger partial charge in [-0.05, 0) is 37.8 Å². The highest BCUT2D eigenvalue weighted by atomic mass is 35.5. The van der Waals surface area contributed by atoms with Crippen LogP contribution >= 0.6 is 11.6 Å². The smallest absolute Gasteiger partial charge is 0.251 e. The molecule has 1 aromatic carbocycles. The number of benzene rings is 1. The Balaban J connectivity index is 2.28. The Hall–Kier alpha value is -1.02. The summed E-state index contributed by atoms with van der Waals surface area (Å²) in [7, 11) is 0. The minimum atomic E-state index is 0.00327. The number of alkyl halides is 1. The van der Waals surface area contributed by atoms with E-state index in [-0.39, 0.29) is 5.91 Å². The second kappa shape index (κ2) is 7.33. The molecule has 2 nitrogen and oxygen atoms in total. The SMILES string of the molecule is Cc1ccc(C(=O)NCCCC(C)CCl)cc1. The highest BCUT2D eigenvalue weighted by molar-refractivity contribution is 6.18. The molecule has 0 fully saturated rings. The molecule has 0 saturated heterocycles.